The van der Waals surface area contributed by atoms with Crippen LogP contribution in [0.15, 0.2) is 40.8 Å². The number of nitrogens with zero attached hydrogens (tertiary/aromatic N) is 2. The summed E-state index contributed by atoms with van der Waals surface area (Å²) < 4.78 is 10.7. The number of likely N-dealkylation sites (tertiary alicyclic amines) is 1. The van der Waals surface area contributed by atoms with Gasteiger partial charge in [-0.15, -0.1) is 0 Å². The first-order chi connectivity index (χ1) is 14.5. The van der Waals surface area contributed by atoms with Gasteiger partial charge in [0.2, 0.25) is 5.76 Å². The quantitative estimate of drug-likeness (QED) is 0.414. The Kier molecular flexibility index (Phi) is 5.83. The Labute approximate surface area is 173 Å². The maximum Gasteiger partial charge on any atom is 0.374 e. The molecule has 158 valence electrons. The number of non-ortho nitro benzene ring substituents is 1. The van der Waals surface area contributed by atoms with Crippen LogP contribution in [0, 0.1) is 16.0 Å². The fraction of sp³-hybridized carbons (Fsp3) is 0.455. The first-order valence-corrected chi connectivity index (χ1v) is 10.3. The zero-order valence-electron chi connectivity index (χ0n) is 16.6. The van der Waals surface area contributed by atoms with E-state index >= 15 is 0 Å². The molecule has 30 heavy (non-hydrogen) atoms. The lowest BCUT2D eigenvalue weighted by Crippen LogP contribution is -2.50. The molecule has 1 saturated carbocycles. The molecule has 0 radical (unpaired) electrons. The number of esters is 1. The summed E-state index contributed by atoms with van der Waals surface area (Å²) in [5, 5.41) is 10.8. The van der Waals surface area contributed by atoms with Crippen LogP contribution in [-0.2, 0) is 9.53 Å². The van der Waals surface area contributed by atoms with Gasteiger partial charge in [-0.05, 0) is 55.9 Å². The SMILES string of the molecule is O=C(OCC(=O)N1CCC[C@@H]2CCCC[C@@H]21)c1ccc(-c2ccc([N+](=O)[O-])cc2)o1. The zero-order valence-corrected chi connectivity index (χ0v) is 16.6. The molecule has 8 heteroatoms. The number of fused-ring (bicyclic) bond motifs is 1. The van der Waals surface area contributed by atoms with Crippen LogP contribution in [0.25, 0.3) is 11.3 Å². The van der Waals surface area contributed by atoms with E-state index in [2.05, 4.69) is 0 Å². The predicted molar refractivity (Wildman–Crippen MR) is 108 cm³/mol. The number of nitro groups is 1. The van der Waals surface area contributed by atoms with Crippen LogP contribution in [0.2, 0.25) is 0 Å². The van der Waals surface area contributed by atoms with Crippen molar-refractivity contribution in [2.24, 2.45) is 5.92 Å². The highest BCUT2D eigenvalue weighted by molar-refractivity contribution is 5.89. The third-order valence-electron chi connectivity index (χ3n) is 6.06. The van der Waals surface area contributed by atoms with Gasteiger partial charge in [0.15, 0.2) is 6.61 Å². The molecule has 0 N–H and O–H groups in total. The molecule has 8 nitrogen and oxygen atoms in total. The monoisotopic (exact) mass is 412 g/mol. The summed E-state index contributed by atoms with van der Waals surface area (Å²) in [6.45, 7) is 0.429. The van der Waals surface area contributed by atoms with Crippen LogP contribution in [0.1, 0.15) is 49.1 Å². The summed E-state index contributed by atoms with van der Waals surface area (Å²) in [5.41, 5.74) is 0.578. The van der Waals surface area contributed by atoms with Crippen molar-refractivity contribution < 1.29 is 23.7 Å². The molecule has 2 aromatic rings. The highest BCUT2D eigenvalue weighted by Gasteiger charge is 2.35. The molecule has 1 amide bonds. The number of carbonyl (C=O) groups is 2. The van der Waals surface area contributed by atoms with Crippen molar-refractivity contribution in [1.82, 2.24) is 4.90 Å². The van der Waals surface area contributed by atoms with Gasteiger partial charge in [0.05, 0.1) is 4.92 Å². The van der Waals surface area contributed by atoms with Crippen molar-refractivity contribution in [3.63, 3.8) is 0 Å². The van der Waals surface area contributed by atoms with Crippen molar-refractivity contribution in [2.75, 3.05) is 13.2 Å². The second-order valence-corrected chi connectivity index (χ2v) is 7.89. The van der Waals surface area contributed by atoms with Gasteiger partial charge < -0.3 is 14.1 Å². The predicted octanol–water partition coefficient (Wildman–Crippen LogP) is 4.19. The Balaban J connectivity index is 1.35. The topological polar surface area (TPSA) is 103 Å². The van der Waals surface area contributed by atoms with Crippen LogP contribution < -0.4 is 0 Å². The Hall–Kier alpha value is -3.16. The van der Waals surface area contributed by atoms with Gasteiger partial charge >= 0.3 is 5.97 Å². The van der Waals surface area contributed by atoms with Crippen molar-refractivity contribution in [3.05, 3.63) is 52.3 Å². The Morgan fingerprint density at radius 3 is 2.57 bits per heavy atom. The molecule has 1 aliphatic carbocycles. The number of benzene rings is 1. The number of amides is 1. The van der Waals surface area contributed by atoms with E-state index in [0.29, 0.717) is 17.2 Å². The second kappa shape index (κ2) is 8.69. The minimum Gasteiger partial charge on any atom is -0.450 e. The third kappa shape index (κ3) is 4.22. The number of piperidine rings is 1. The summed E-state index contributed by atoms with van der Waals surface area (Å²) in [6, 6.07) is 9.17. The van der Waals surface area contributed by atoms with Crippen LogP contribution in [0.5, 0.6) is 0 Å². The highest BCUT2D eigenvalue weighted by Crippen LogP contribution is 2.35. The van der Waals surface area contributed by atoms with Gasteiger partial charge in [0.25, 0.3) is 11.6 Å². The van der Waals surface area contributed by atoms with Gasteiger partial charge in [-0.25, -0.2) is 4.79 Å². The Morgan fingerprint density at radius 2 is 1.80 bits per heavy atom. The number of hydrogen-bond donors (Lipinski definition) is 0. The van der Waals surface area contributed by atoms with E-state index in [1.807, 2.05) is 4.90 Å². The standard InChI is InChI=1S/C22H24N2O6/c25-21(23-13-3-5-15-4-1-2-6-18(15)23)14-29-22(26)20-12-11-19(30-20)16-7-9-17(10-8-16)24(27)28/h7-12,15,18H,1-6,13-14H2/t15-,18-/m0/s1. The second-order valence-electron chi connectivity index (χ2n) is 7.89. The van der Waals surface area contributed by atoms with Crippen molar-refractivity contribution in [3.8, 4) is 11.3 Å². The highest BCUT2D eigenvalue weighted by atomic mass is 16.6. The molecule has 1 aromatic carbocycles. The summed E-state index contributed by atoms with van der Waals surface area (Å²) in [6.07, 6.45) is 6.74. The van der Waals surface area contributed by atoms with E-state index in [0.717, 1.165) is 25.8 Å². The Morgan fingerprint density at radius 1 is 1.07 bits per heavy atom. The molecule has 2 heterocycles. The maximum absolute atomic E-state index is 12.7. The van der Waals surface area contributed by atoms with Gasteiger partial charge in [0.1, 0.15) is 5.76 Å². The van der Waals surface area contributed by atoms with E-state index in [4.69, 9.17) is 9.15 Å². The first-order valence-electron chi connectivity index (χ1n) is 10.3. The lowest BCUT2D eigenvalue weighted by molar-refractivity contribution is -0.384. The molecule has 0 spiro atoms. The van der Waals surface area contributed by atoms with E-state index in [-0.39, 0.29) is 30.0 Å². The summed E-state index contributed by atoms with van der Waals surface area (Å²) in [4.78, 5) is 37.2. The van der Waals surface area contributed by atoms with Crippen molar-refractivity contribution in [1.29, 1.82) is 0 Å². The van der Waals surface area contributed by atoms with Crippen LogP contribution >= 0.6 is 0 Å². The number of nitro benzene ring substituents is 1. The zero-order chi connectivity index (χ0) is 21.1. The molecule has 2 aliphatic rings. The lowest BCUT2D eigenvalue weighted by Gasteiger charge is -2.44. The minimum absolute atomic E-state index is 0.00894. The number of hydrogen-bond acceptors (Lipinski definition) is 6. The number of furan rings is 1. The molecule has 2 atom stereocenters. The van der Waals surface area contributed by atoms with Crippen LogP contribution in [0.4, 0.5) is 5.69 Å². The lowest BCUT2D eigenvalue weighted by atomic mass is 9.78. The number of carbonyl (C=O) groups excluding carboxylic acids is 2. The fourth-order valence-corrected chi connectivity index (χ4v) is 4.57. The van der Waals surface area contributed by atoms with E-state index in [1.54, 1.807) is 18.2 Å². The molecule has 1 aliphatic heterocycles. The summed E-state index contributed by atoms with van der Waals surface area (Å²) >= 11 is 0. The van der Waals surface area contributed by atoms with E-state index in [9.17, 15) is 19.7 Å². The minimum atomic E-state index is -0.700. The van der Waals surface area contributed by atoms with Gasteiger partial charge in [-0.1, -0.05) is 12.8 Å². The molecular weight excluding hydrogens is 388 g/mol. The summed E-state index contributed by atoms with van der Waals surface area (Å²) in [5.74, 6) is 0.104. The molecule has 0 bridgehead atoms. The number of ether oxygens (including phenoxy) is 1. The average molecular weight is 412 g/mol. The molecule has 0 unspecified atom stereocenters. The maximum atomic E-state index is 12.7. The van der Waals surface area contributed by atoms with Crippen LogP contribution in [0.3, 0.4) is 0 Å². The largest absolute Gasteiger partial charge is 0.450 e. The fourth-order valence-electron chi connectivity index (χ4n) is 4.57. The average Bonchev–Trinajstić information content (AvgIpc) is 3.27. The number of rotatable bonds is 5. The Bertz CT molecular complexity index is 933. The van der Waals surface area contributed by atoms with Crippen LogP contribution in [-0.4, -0.2) is 40.9 Å². The van der Waals surface area contributed by atoms with Gasteiger partial charge in [-0.3, -0.25) is 14.9 Å². The van der Waals surface area contributed by atoms with E-state index < -0.39 is 10.9 Å². The smallest absolute Gasteiger partial charge is 0.374 e. The van der Waals surface area contributed by atoms with Gasteiger partial charge in [-0.2, -0.15) is 0 Å². The third-order valence-corrected chi connectivity index (χ3v) is 6.06. The molecular formula is C22H24N2O6. The van der Waals surface area contributed by atoms with E-state index in [1.165, 1.54) is 37.5 Å². The van der Waals surface area contributed by atoms with Crippen molar-refractivity contribution in [2.45, 2.75) is 44.6 Å². The van der Waals surface area contributed by atoms with Crippen molar-refractivity contribution >= 4 is 17.6 Å². The molecule has 1 saturated heterocycles. The molecule has 4 rings (SSSR count). The first kappa shape index (κ1) is 20.1. The van der Waals surface area contributed by atoms with Gasteiger partial charge in [0, 0.05) is 30.3 Å². The summed E-state index contributed by atoms with van der Waals surface area (Å²) in [7, 11) is 0. The molecule has 2 fully saturated rings. The molecule has 1 aromatic heterocycles. The normalized spacial score (nSPS) is 21.0.